The van der Waals surface area contributed by atoms with E-state index in [1.165, 1.54) is 48.8 Å². The molecule has 0 aliphatic heterocycles. The van der Waals surface area contributed by atoms with Crippen molar-refractivity contribution in [2.75, 3.05) is 72.3 Å². The minimum Gasteiger partial charge on any atom is -0.491 e. The van der Waals surface area contributed by atoms with Gasteiger partial charge in [-0.15, -0.1) is 0 Å². The molecule has 5 heterocycles. The van der Waals surface area contributed by atoms with E-state index in [0.717, 1.165) is 105 Å². The van der Waals surface area contributed by atoms with Crippen LogP contribution in [0, 0.1) is 37.9 Å². The van der Waals surface area contributed by atoms with Crippen LogP contribution in [0.15, 0.2) is 140 Å². The van der Waals surface area contributed by atoms with Crippen LogP contribution >= 0.6 is 0 Å². The maximum absolute atomic E-state index is 6.02. The van der Waals surface area contributed by atoms with E-state index >= 15 is 0 Å². The summed E-state index contributed by atoms with van der Waals surface area (Å²) >= 11 is 0. The Balaban J connectivity index is 0. The molecule has 5 aromatic heterocycles. The van der Waals surface area contributed by atoms with Gasteiger partial charge in [0.1, 0.15) is 72.1 Å². The fraction of sp³-hybridized carbons (Fsp3) is 0.709. The highest BCUT2D eigenvalue weighted by Gasteiger charge is 2.24. The van der Waals surface area contributed by atoms with Crippen LogP contribution < -0.4 is 79.3 Å². The molecule has 21 nitrogen and oxygen atoms in total. The van der Waals surface area contributed by atoms with Crippen molar-refractivity contribution in [3.63, 3.8) is 0 Å². The third-order valence-electron chi connectivity index (χ3n) is 20.6. The van der Waals surface area contributed by atoms with Crippen molar-refractivity contribution < 1.29 is 47.4 Å². The van der Waals surface area contributed by atoms with Crippen molar-refractivity contribution in [3.8, 4) is 58.0 Å². The SMILES string of the molecule is CC.CC.CC(C)(C)CCc1ccc(OCCNC(C)(C)C)nc1.CC(C)(C)COc1ccc(OCCNC(C)(C)C)nc1.CC(CCCC(C)(C)C)Oc1ccnc(C(C)(C)C)c1.C[C@@H](CNC(C)(C)C)Oc1ccc(OCC(C)(C)C)cn1.C[C@@H](CNC(C)(C)C)Oc1cccc(CCC(C)(C)C)c1.C[C@H](CNC(C)(C)C)Oc1ccc(OCC(C)(C)C)cn1.C[C@H](CNC(C)(C)C)Oc1cccc(CCC(C)(C)C)c1. The smallest absolute Gasteiger partial charge is 0.213 e. The van der Waals surface area contributed by atoms with Gasteiger partial charge in [-0.25, -0.2) is 19.9 Å². The van der Waals surface area contributed by atoms with Crippen LogP contribution in [-0.4, -0.2) is 161 Å². The van der Waals surface area contributed by atoms with E-state index in [1.54, 1.807) is 18.6 Å². The van der Waals surface area contributed by atoms with Crippen molar-refractivity contribution in [2.45, 2.75) is 480 Å². The Morgan fingerprint density at radius 3 is 0.811 bits per heavy atom. The Morgan fingerprint density at radius 2 is 0.534 bits per heavy atom. The Hall–Kier alpha value is -8.05. The third kappa shape index (κ3) is 88.5. The van der Waals surface area contributed by atoms with Crippen LogP contribution in [0.2, 0.25) is 0 Å². The van der Waals surface area contributed by atoms with Crippen molar-refractivity contribution in [2.24, 2.45) is 37.9 Å². The molecule has 0 fully saturated rings. The number of aromatic nitrogens is 5. The summed E-state index contributed by atoms with van der Waals surface area (Å²) in [4.78, 5) is 21.6. The minimum atomic E-state index is 0.0643. The molecule has 7 rings (SSSR count). The molecule has 7 aromatic rings. The fourth-order valence-corrected chi connectivity index (χ4v) is 12.3. The van der Waals surface area contributed by atoms with Gasteiger partial charge in [0.15, 0.2) is 0 Å². The Kier molecular flexibility index (Phi) is 65.4. The van der Waals surface area contributed by atoms with Crippen LogP contribution in [0.25, 0.3) is 0 Å². The summed E-state index contributed by atoms with van der Waals surface area (Å²) in [7, 11) is 0. The summed E-state index contributed by atoms with van der Waals surface area (Å²) in [5, 5.41) is 20.5. The largest absolute Gasteiger partial charge is 0.491 e. The number of hydrogen-bond acceptors (Lipinski definition) is 21. The molecule has 2 aromatic carbocycles. The van der Waals surface area contributed by atoms with Gasteiger partial charge < -0.3 is 79.3 Å². The van der Waals surface area contributed by atoms with Gasteiger partial charge in [-0.2, -0.15) is 0 Å². The quantitative estimate of drug-likeness (QED) is 0.0196. The number of benzene rings is 2. The predicted molar refractivity (Wildman–Crippen MR) is 635 cm³/mol. The lowest BCUT2D eigenvalue weighted by Crippen LogP contribution is -2.41. The Morgan fingerprint density at radius 1 is 0.250 bits per heavy atom. The second-order valence-corrected chi connectivity index (χ2v) is 54.8. The van der Waals surface area contributed by atoms with Crippen LogP contribution in [0.1, 0.15) is 414 Å². The first-order valence-electron chi connectivity index (χ1n) is 55.5. The highest BCUT2D eigenvalue weighted by atomic mass is 16.5. The second kappa shape index (κ2) is 68.2. The van der Waals surface area contributed by atoms with Crippen molar-refractivity contribution >= 4 is 0 Å². The average molecular weight is 2070 g/mol. The highest BCUT2D eigenvalue weighted by Crippen LogP contribution is 2.31. The maximum Gasteiger partial charge on any atom is 0.213 e. The lowest BCUT2D eigenvalue weighted by molar-refractivity contribution is 0.189. The number of pyridine rings is 5. The van der Waals surface area contributed by atoms with Gasteiger partial charge in [-0.3, -0.25) is 4.98 Å². The Labute approximate surface area is 909 Å². The molecule has 0 amide bonds. The van der Waals surface area contributed by atoms with Gasteiger partial charge in [-0.05, 0) is 320 Å². The number of ether oxygens (including phenoxy) is 10. The van der Waals surface area contributed by atoms with Gasteiger partial charge in [0.25, 0.3) is 0 Å². The molecule has 0 saturated heterocycles. The molecule has 0 aliphatic carbocycles. The minimum absolute atomic E-state index is 0.0643. The van der Waals surface area contributed by atoms with Gasteiger partial charge in [-0.1, -0.05) is 224 Å². The summed E-state index contributed by atoms with van der Waals surface area (Å²) in [5.74, 6) is 7.81. The molecule has 0 saturated carbocycles. The van der Waals surface area contributed by atoms with E-state index in [2.05, 4.69) is 417 Å². The summed E-state index contributed by atoms with van der Waals surface area (Å²) in [5.41, 5.74) is 7.80. The van der Waals surface area contributed by atoms with Crippen LogP contribution in [0.5, 0.6) is 58.0 Å². The molecule has 6 N–H and O–H groups in total. The summed E-state index contributed by atoms with van der Waals surface area (Å²) in [6, 6.07) is 36.4. The number of nitrogens with one attached hydrogen (secondary N) is 6. The number of nitrogens with zero attached hydrogens (tertiary/aromatic N) is 5. The van der Waals surface area contributed by atoms with E-state index in [0.29, 0.717) is 78.2 Å². The van der Waals surface area contributed by atoms with Crippen LogP contribution in [0.4, 0.5) is 0 Å². The van der Waals surface area contributed by atoms with Gasteiger partial charge in [0.2, 0.25) is 23.5 Å². The normalized spacial score (nSPS) is 13.3. The molecule has 1 unspecified atom stereocenters. The fourth-order valence-electron chi connectivity index (χ4n) is 12.3. The highest BCUT2D eigenvalue weighted by molar-refractivity contribution is 5.32. The van der Waals surface area contributed by atoms with Gasteiger partial charge in [0, 0.05) is 126 Å². The molecule has 850 valence electrons. The van der Waals surface area contributed by atoms with Gasteiger partial charge >= 0.3 is 0 Å². The number of hydrogen-bond donors (Lipinski definition) is 6. The first-order chi connectivity index (χ1) is 67.6. The maximum atomic E-state index is 6.02. The molecule has 0 spiro atoms. The monoisotopic (exact) mass is 2070 g/mol. The molecule has 148 heavy (non-hydrogen) atoms. The van der Waals surface area contributed by atoms with E-state index in [-0.39, 0.29) is 85.4 Å². The standard InChI is InChI=1S/2C19H33NO.C18H31NO.2C17H30N2O2.C17H30N2O.C16H28N2O2.2C2H6/c2*1-15(14-20-19(5,6)7)21-17-10-8-9-16(13-17)11-12-18(2,3)4;1-14(9-8-11-17(2,3)4)20-15-10-12-19-16(13-15)18(5,6)7;2*1-13(10-19-17(5,6)7)21-15-9-8-14(11-18-15)20-12-16(2,3)4;1-16(2,3)10-9-14-7-8-15(18-13-14)20-12-11-19-17(4,5)6;1-15(2,3)12-20-13-7-8-14(17-11-13)19-10-9-18-16(4,5)6;2*1-2/h2*8-10,13,15,20H,11-12,14H2,1-7H3;10,12-14H,8-9,11H2,1-7H3;2*8-9,11,13,19H,10,12H2,1-7H3;7-8,13,19H,9-12H2,1-6H3;7-8,11,18H,9-10,12H2,1-6H3;2*1-2H3/t2*15-;;2*13-;;;;/m10.10..../s1. The zero-order valence-electron chi connectivity index (χ0n) is 105. The van der Waals surface area contributed by atoms with E-state index in [9.17, 15) is 0 Å². The lowest BCUT2D eigenvalue weighted by Gasteiger charge is -2.24. The van der Waals surface area contributed by atoms with Crippen LogP contribution in [-0.2, 0) is 24.7 Å². The second-order valence-electron chi connectivity index (χ2n) is 54.8. The zero-order chi connectivity index (χ0) is 114. The summed E-state index contributed by atoms with van der Waals surface area (Å²) < 4.78 is 57.9. The predicted octanol–water partition coefficient (Wildman–Crippen LogP) is 31.5. The topological polar surface area (TPSA) is 229 Å². The molecule has 0 radical (unpaired) electrons. The molecular weight excluding hydrogens is 1840 g/mol. The third-order valence-corrected chi connectivity index (χ3v) is 20.6. The summed E-state index contributed by atoms with van der Waals surface area (Å²) in [6.45, 7) is 118. The summed E-state index contributed by atoms with van der Waals surface area (Å²) in [6.07, 6.45) is 20.0. The molecule has 5 atom stereocenters. The van der Waals surface area contributed by atoms with Crippen LogP contribution in [0.3, 0.4) is 0 Å². The van der Waals surface area contributed by atoms with E-state index < -0.39 is 0 Å². The molecular formula is C127H227N11O10. The first-order valence-corrected chi connectivity index (χ1v) is 55.5. The molecule has 0 bridgehead atoms. The Bertz CT molecular complexity index is 4240. The zero-order valence-corrected chi connectivity index (χ0v) is 105. The lowest BCUT2D eigenvalue weighted by atomic mass is 9.89. The van der Waals surface area contributed by atoms with E-state index in [1.807, 2.05) is 115 Å². The molecule has 21 heteroatoms. The first kappa shape index (κ1) is 142. The van der Waals surface area contributed by atoms with Gasteiger partial charge in [0.05, 0.1) is 44.5 Å². The van der Waals surface area contributed by atoms with E-state index in [4.69, 9.17) is 47.4 Å². The molecule has 0 aliphatic rings. The van der Waals surface area contributed by atoms with Crippen molar-refractivity contribution in [1.29, 1.82) is 0 Å². The average Bonchev–Trinajstić information content (AvgIpc) is 0.847. The van der Waals surface area contributed by atoms with Crippen molar-refractivity contribution in [1.82, 2.24) is 56.8 Å². The number of aryl methyl sites for hydroxylation is 3. The van der Waals surface area contributed by atoms with Crippen molar-refractivity contribution in [3.05, 3.63) is 163 Å². The number of rotatable bonds is 41.